The zero-order valence-corrected chi connectivity index (χ0v) is 8.71. The standard InChI is InChI=1S/C11H16O3/c1-3-14-10(12)7-9-6-4-5-8(2)11(9)13/h7-8H,3-6H2,1-2H3/b9-7+. The monoisotopic (exact) mass is 196 g/mol. The molecular formula is C11H16O3. The number of Topliss-reactive ketones (excluding diaryl/α,β-unsaturated/α-hetero) is 1. The van der Waals surface area contributed by atoms with Gasteiger partial charge in [0.15, 0.2) is 5.78 Å². The summed E-state index contributed by atoms with van der Waals surface area (Å²) in [6, 6.07) is 0. The van der Waals surface area contributed by atoms with Crippen LogP contribution in [0, 0.1) is 5.92 Å². The van der Waals surface area contributed by atoms with Crippen LogP contribution in [0.1, 0.15) is 33.1 Å². The van der Waals surface area contributed by atoms with E-state index in [1.807, 2.05) is 6.92 Å². The summed E-state index contributed by atoms with van der Waals surface area (Å²) in [5.41, 5.74) is 0.627. The van der Waals surface area contributed by atoms with Gasteiger partial charge in [-0.2, -0.15) is 0 Å². The molecule has 0 aromatic carbocycles. The lowest BCUT2D eigenvalue weighted by Gasteiger charge is -2.18. The highest BCUT2D eigenvalue weighted by atomic mass is 16.5. The van der Waals surface area contributed by atoms with Crippen molar-refractivity contribution in [3.05, 3.63) is 11.6 Å². The Morgan fingerprint density at radius 2 is 2.36 bits per heavy atom. The highest BCUT2D eigenvalue weighted by Crippen LogP contribution is 2.24. The largest absolute Gasteiger partial charge is 0.463 e. The first kappa shape index (κ1) is 11.0. The van der Waals surface area contributed by atoms with Crippen LogP contribution < -0.4 is 0 Å². The quantitative estimate of drug-likeness (QED) is 0.500. The van der Waals surface area contributed by atoms with Gasteiger partial charge in [0.1, 0.15) is 0 Å². The summed E-state index contributed by atoms with van der Waals surface area (Å²) in [5.74, 6) is -0.237. The number of ketones is 1. The molecule has 1 atom stereocenters. The Hall–Kier alpha value is -1.12. The van der Waals surface area contributed by atoms with Crippen LogP contribution >= 0.6 is 0 Å². The molecule has 78 valence electrons. The molecule has 1 unspecified atom stereocenters. The number of carbonyl (C=O) groups excluding carboxylic acids is 2. The SMILES string of the molecule is CCOC(=O)/C=C1\CCCC(C)C1=O. The smallest absolute Gasteiger partial charge is 0.331 e. The molecule has 0 saturated heterocycles. The highest BCUT2D eigenvalue weighted by Gasteiger charge is 2.23. The molecule has 0 spiro atoms. The third-order valence-corrected chi connectivity index (χ3v) is 2.43. The maximum Gasteiger partial charge on any atom is 0.331 e. The van der Waals surface area contributed by atoms with E-state index in [2.05, 4.69) is 0 Å². The van der Waals surface area contributed by atoms with Crippen molar-refractivity contribution in [2.45, 2.75) is 33.1 Å². The van der Waals surface area contributed by atoms with Crippen LogP contribution in [0.2, 0.25) is 0 Å². The van der Waals surface area contributed by atoms with Gasteiger partial charge in [0.05, 0.1) is 6.61 Å². The van der Waals surface area contributed by atoms with E-state index in [4.69, 9.17) is 4.74 Å². The Balaban J connectivity index is 2.66. The Kier molecular flexibility index (Phi) is 3.86. The van der Waals surface area contributed by atoms with Crippen molar-refractivity contribution in [1.82, 2.24) is 0 Å². The first-order valence-corrected chi connectivity index (χ1v) is 5.06. The number of hydrogen-bond acceptors (Lipinski definition) is 3. The molecule has 0 aromatic heterocycles. The maximum atomic E-state index is 11.6. The molecule has 0 bridgehead atoms. The van der Waals surface area contributed by atoms with E-state index in [0.717, 1.165) is 12.8 Å². The van der Waals surface area contributed by atoms with Crippen LogP contribution in [0.4, 0.5) is 0 Å². The van der Waals surface area contributed by atoms with Gasteiger partial charge in [-0.1, -0.05) is 6.92 Å². The minimum atomic E-state index is -0.398. The van der Waals surface area contributed by atoms with Gasteiger partial charge in [-0.25, -0.2) is 4.79 Å². The Labute approximate surface area is 84.1 Å². The lowest BCUT2D eigenvalue weighted by atomic mass is 9.85. The predicted molar refractivity (Wildman–Crippen MR) is 52.7 cm³/mol. The Morgan fingerprint density at radius 1 is 1.64 bits per heavy atom. The molecule has 0 aromatic rings. The van der Waals surface area contributed by atoms with E-state index in [9.17, 15) is 9.59 Å². The first-order valence-electron chi connectivity index (χ1n) is 5.06. The highest BCUT2D eigenvalue weighted by molar-refractivity contribution is 6.02. The van der Waals surface area contributed by atoms with Gasteiger partial charge < -0.3 is 4.74 Å². The van der Waals surface area contributed by atoms with Crippen molar-refractivity contribution in [1.29, 1.82) is 0 Å². The summed E-state index contributed by atoms with van der Waals surface area (Å²) in [6.07, 6.45) is 3.97. The molecule has 0 heterocycles. The van der Waals surface area contributed by atoms with Crippen LogP contribution in [-0.4, -0.2) is 18.4 Å². The molecule has 1 aliphatic rings. The molecule has 1 aliphatic carbocycles. The summed E-state index contributed by atoms with van der Waals surface area (Å²) in [6.45, 7) is 4.01. The Bertz CT molecular complexity index is 266. The average molecular weight is 196 g/mol. The molecule has 0 amide bonds. The summed E-state index contributed by atoms with van der Waals surface area (Å²) in [5, 5.41) is 0. The number of hydrogen-bond donors (Lipinski definition) is 0. The van der Waals surface area contributed by atoms with Crippen molar-refractivity contribution in [3.8, 4) is 0 Å². The second kappa shape index (κ2) is 4.94. The molecule has 3 heteroatoms. The van der Waals surface area contributed by atoms with E-state index in [1.54, 1.807) is 6.92 Å². The summed E-state index contributed by atoms with van der Waals surface area (Å²) < 4.78 is 4.76. The molecule has 1 saturated carbocycles. The molecule has 14 heavy (non-hydrogen) atoms. The maximum absolute atomic E-state index is 11.6. The number of carbonyl (C=O) groups is 2. The van der Waals surface area contributed by atoms with E-state index < -0.39 is 5.97 Å². The second-order valence-electron chi connectivity index (χ2n) is 3.58. The van der Waals surface area contributed by atoms with Crippen LogP contribution in [0.5, 0.6) is 0 Å². The molecular weight excluding hydrogens is 180 g/mol. The van der Waals surface area contributed by atoms with E-state index in [-0.39, 0.29) is 11.7 Å². The third kappa shape index (κ3) is 2.69. The second-order valence-corrected chi connectivity index (χ2v) is 3.58. The van der Waals surface area contributed by atoms with Gasteiger partial charge >= 0.3 is 5.97 Å². The fraction of sp³-hybridized carbons (Fsp3) is 0.636. The van der Waals surface area contributed by atoms with Crippen LogP contribution in [0.3, 0.4) is 0 Å². The summed E-state index contributed by atoms with van der Waals surface area (Å²) in [4.78, 5) is 22.7. The van der Waals surface area contributed by atoms with Crippen LogP contribution in [0.15, 0.2) is 11.6 Å². The van der Waals surface area contributed by atoms with Crippen LogP contribution in [0.25, 0.3) is 0 Å². The van der Waals surface area contributed by atoms with Crippen LogP contribution in [-0.2, 0) is 14.3 Å². The summed E-state index contributed by atoms with van der Waals surface area (Å²) >= 11 is 0. The fourth-order valence-electron chi connectivity index (χ4n) is 1.64. The zero-order chi connectivity index (χ0) is 10.6. The molecule has 0 aliphatic heterocycles. The normalized spacial score (nSPS) is 25.1. The summed E-state index contributed by atoms with van der Waals surface area (Å²) in [7, 11) is 0. The van der Waals surface area contributed by atoms with Gasteiger partial charge in [0.2, 0.25) is 0 Å². The van der Waals surface area contributed by atoms with Crippen molar-refractivity contribution in [2.75, 3.05) is 6.61 Å². The fourth-order valence-corrected chi connectivity index (χ4v) is 1.64. The van der Waals surface area contributed by atoms with Gasteiger partial charge in [-0.3, -0.25) is 4.79 Å². The van der Waals surface area contributed by atoms with Crippen molar-refractivity contribution in [3.63, 3.8) is 0 Å². The van der Waals surface area contributed by atoms with Gasteiger partial charge in [0, 0.05) is 17.6 Å². The minimum Gasteiger partial charge on any atom is -0.463 e. The van der Waals surface area contributed by atoms with E-state index in [1.165, 1.54) is 6.08 Å². The van der Waals surface area contributed by atoms with E-state index in [0.29, 0.717) is 18.6 Å². The lowest BCUT2D eigenvalue weighted by Crippen LogP contribution is -2.20. The van der Waals surface area contributed by atoms with Gasteiger partial charge in [-0.15, -0.1) is 0 Å². The molecule has 1 rings (SSSR count). The number of allylic oxidation sites excluding steroid dienone is 1. The lowest BCUT2D eigenvalue weighted by molar-refractivity contribution is -0.137. The molecule has 0 radical (unpaired) electrons. The molecule has 0 N–H and O–H groups in total. The van der Waals surface area contributed by atoms with Gasteiger partial charge in [-0.05, 0) is 26.2 Å². The zero-order valence-electron chi connectivity index (χ0n) is 8.71. The topological polar surface area (TPSA) is 43.4 Å². The average Bonchev–Trinajstić information content (AvgIpc) is 2.13. The predicted octanol–water partition coefficient (Wildman–Crippen LogP) is 1.86. The third-order valence-electron chi connectivity index (χ3n) is 2.43. The molecule has 3 nitrogen and oxygen atoms in total. The number of ether oxygens (including phenoxy) is 1. The number of rotatable bonds is 2. The van der Waals surface area contributed by atoms with E-state index >= 15 is 0 Å². The first-order chi connectivity index (χ1) is 6.65. The minimum absolute atomic E-state index is 0.0597. The van der Waals surface area contributed by atoms with Gasteiger partial charge in [0.25, 0.3) is 0 Å². The molecule has 1 fully saturated rings. The van der Waals surface area contributed by atoms with Crippen molar-refractivity contribution in [2.24, 2.45) is 5.92 Å². The Morgan fingerprint density at radius 3 is 3.00 bits per heavy atom. The van der Waals surface area contributed by atoms with Crippen molar-refractivity contribution >= 4 is 11.8 Å². The number of esters is 1. The van der Waals surface area contributed by atoms with Crippen molar-refractivity contribution < 1.29 is 14.3 Å².